The molecule has 9 heavy (non-hydrogen) atoms. The average molecular weight is 238 g/mol. The highest BCUT2D eigenvalue weighted by Gasteiger charge is 2.14. The molecule has 0 aromatic rings. The van der Waals surface area contributed by atoms with Gasteiger partial charge < -0.3 is 5.11 Å². The molecule has 1 aliphatic rings. The molecule has 1 nitrogen and oxygen atoms in total. The smallest absolute Gasteiger partial charge is 0.0757 e. The summed E-state index contributed by atoms with van der Waals surface area (Å²) < 4.78 is 2.02. The first kappa shape index (κ1) is 7.54. The maximum absolute atomic E-state index is 9.30. The molecule has 1 saturated carbocycles. The molecule has 0 aromatic carbocycles. The number of hydrogen-bond acceptors (Lipinski definition) is 1. The zero-order valence-corrected chi connectivity index (χ0v) is 7.47. The van der Waals surface area contributed by atoms with Crippen LogP contribution < -0.4 is 0 Å². The minimum absolute atomic E-state index is 0.129. The normalized spacial score (nSPS) is 33.1. The van der Waals surface area contributed by atoms with Gasteiger partial charge in [0.25, 0.3) is 0 Å². The molecule has 2 heteroatoms. The van der Waals surface area contributed by atoms with E-state index in [0.717, 1.165) is 12.8 Å². The summed E-state index contributed by atoms with van der Waals surface area (Å²) in [5, 5.41) is 9.30. The van der Waals surface area contributed by atoms with Crippen molar-refractivity contribution in [1.29, 1.82) is 0 Å². The Balaban J connectivity index is 2.49. The van der Waals surface area contributed by atoms with Gasteiger partial charge in [-0.15, -0.1) is 0 Å². The van der Waals surface area contributed by atoms with Gasteiger partial charge in [-0.1, -0.05) is 29.0 Å². The third-order valence-corrected chi connectivity index (χ3v) is 2.56. The van der Waals surface area contributed by atoms with E-state index in [-0.39, 0.29) is 6.10 Å². The van der Waals surface area contributed by atoms with Crippen LogP contribution in [0, 0.1) is 0 Å². The van der Waals surface area contributed by atoms with E-state index in [9.17, 15) is 5.11 Å². The fraction of sp³-hybridized carbons (Fsp3) is 0.714. The van der Waals surface area contributed by atoms with Crippen LogP contribution in [0.25, 0.3) is 0 Å². The number of aliphatic hydroxyl groups excluding tert-OH is 1. The Morgan fingerprint density at radius 1 is 1.56 bits per heavy atom. The zero-order valence-electron chi connectivity index (χ0n) is 5.31. The van der Waals surface area contributed by atoms with Gasteiger partial charge >= 0.3 is 0 Å². The Bertz CT molecular complexity index is 120. The third-order valence-electron chi connectivity index (χ3n) is 1.76. The molecule has 1 fully saturated rings. The van der Waals surface area contributed by atoms with Crippen molar-refractivity contribution in [2.24, 2.45) is 0 Å². The first-order chi connectivity index (χ1) is 4.34. The van der Waals surface area contributed by atoms with Crippen LogP contribution in [0.15, 0.2) is 9.66 Å². The molecule has 0 spiro atoms. The highest BCUT2D eigenvalue weighted by molar-refractivity contribution is 14.1. The molecule has 1 unspecified atom stereocenters. The van der Waals surface area contributed by atoms with Gasteiger partial charge in [-0.25, -0.2) is 0 Å². The molecule has 52 valence electrons. The molecule has 1 atom stereocenters. The lowest BCUT2D eigenvalue weighted by molar-refractivity contribution is 0.179. The van der Waals surface area contributed by atoms with Crippen molar-refractivity contribution in [2.75, 3.05) is 0 Å². The van der Waals surface area contributed by atoms with E-state index in [2.05, 4.69) is 22.6 Å². The Labute approximate surface area is 69.3 Å². The van der Waals surface area contributed by atoms with Crippen molar-refractivity contribution in [3.63, 3.8) is 0 Å². The minimum atomic E-state index is -0.129. The molecule has 1 aliphatic carbocycles. The molecule has 0 radical (unpaired) electrons. The lowest BCUT2D eigenvalue weighted by Crippen LogP contribution is -2.14. The topological polar surface area (TPSA) is 20.2 Å². The van der Waals surface area contributed by atoms with Gasteiger partial charge in [0.05, 0.1) is 6.10 Å². The summed E-state index contributed by atoms with van der Waals surface area (Å²) in [6.45, 7) is 0. The van der Waals surface area contributed by atoms with Crippen LogP contribution >= 0.6 is 22.6 Å². The van der Waals surface area contributed by atoms with Crippen LogP contribution in [0.5, 0.6) is 0 Å². The molecule has 0 saturated heterocycles. The summed E-state index contributed by atoms with van der Waals surface area (Å²) in [5.74, 6) is 0. The fourth-order valence-corrected chi connectivity index (χ4v) is 1.87. The van der Waals surface area contributed by atoms with Gasteiger partial charge in [0, 0.05) is 0 Å². The molecular weight excluding hydrogens is 227 g/mol. The predicted octanol–water partition coefficient (Wildman–Crippen LogP) is 2.24. The summed E-state index contributed by atoms with van der Waals surface area (Å²) in [5.41, 5.74) is 1.22. The van der Waals surface area contributed by atoms with Crippen molar-refractivity contribution < 1.29 is 5.11 Å². The summed E-state index contributed by atoms with van der Waals surface area (Å²) >= 11 is 2.20. The number of rotatable bonds is 0. The third kappa shape index (κ3) is 1.93. The van der Waals surface area contributed by atoms with Gasteiger partial charge in [-0.2, -0.15) is 0 Å². The van der Waals surface area contributed by atoms with Crippen LogP contribution in [-0.2, 0) is 0 Å². The van der Waals surface area contributed by atoms with Gasteiger partial charge in [0.2, 0.25) is 0 Å². The molecule has 0 amide bonds. The highest BCUT2D eigenvalue weighted by atomic mass is 127. The standard InChI is InChI=1S/C7H11IO/c8-5-6-3-1-2-4-7(6)9/h5,7,9H,1-4H2/b6-5+. The van der Waals surface area contributed by atoms with Crippen LogP contribution in [0.1, 0.15) is 25.7 Å². The lowest BCUT2D eigenvalue weighted by atomic mass is 9.94. The molecule has 0 aromatic heterocycles. The van der Waals surface area contributed by atoms with Gasteiger partial charge in [-0.05, 0) is 28.9 Å². The Hall–Kier alpha value is 0.430. The Kier molecular flexibility index (Phi) is 2.98. The first-order valence-corrected chi connectivity index (χ1v) is 4.56. The van der Waals surface area contributed by atoms with E-state index >= 15 is 0 Å². The molecular formula is C7H11IO. The largest absolute Gasteiger partial charge is 0.389 e. The monoisotopic (exact) mass is 238 g/mol. The first-order valence-electron chi connectivity index (χ1n) is 3.32. The highest BCUT2D eigenvalue weighted by Crippen LogP contribution is 2.24. The number of hydrogen-bond donors (Lipinski definition) is 1. The van der Waals surface area contributed by atoms with Crippen LogP contribution in [0.3, 0.4) is 0 Å². The lowest BCUT2D eigenvalue weighted by Gasteiger charge is -2.19. The maximum atomic E-state index is 9.30. The number of aliphatic hydroxyl groups is 1. The van der Waals surface area contributed by atoms with Crippen molar-refractivity contribution in [1.82, 2.24) is 0 Å². The quantitative estimate of drug-likeness (QED) is 0.641. The molecule has 0 aliphatic heterocycles. The fourth-order valence-electron chi connectivity index (χ4n) is 1.15. The zero-order chi connectivity index (χ0) is 6.69. The van der Waals surface area contributed by atoms with Crippen molar-refractivity contribution in [3.05, 3.63) is 9.66 Å². The summed E-state index contributed by atoms with van der Waals surface area (Å²) in [6, 6.07) is 0. The van der Waals surface area contributed by atoms with Gasteiger partial charge in [0.1, 0.15) is 0 Å². The van der Waals surface area contributed by atoms with Gasteiger partial charge in [0.15, 0.2) is 0 Å². The van der Waals surface area contributed by atoms with Crippen molar-refractivity contribution in [2.45, 2.75) is 31.8 Å². The van der Waals surface area contributed by atoms with Crippen molar-refractivity contribution in [3.8, 4) is 0 Å². The molecule has 0 heterocycles. The Morgan fingerprint density at radius 2 is 2.33 bits per heavy atom. The van der Waals surface area contributed by atoms with E-state index in [4.69, 9.17) is 0 Å². The summed E-state index contributed by atoms with van der Waals surface area (Å²) in [6.07, 6.45) is 4.38. The van der Waals surface area contributed by atoms with Crippen LogP contribution in [-0.4, -0.2) is 11.2 Å². The van der Waals surface area contributed by atoms with Crippen LogP contribution in [0.4, 0.5) is 0 Å². The molecule has 1 N–H and O–H groups in total. The number of halogens is 1. The molecule has 1 rings (SSSR count). The second-order valence-electron chi connectivity index (χ2n) is 2.45. The Morgan fingerprint density at radius 3 is 2.78 bits per heavy atom. The van der Waals surface area contributed by atoms with E-state index in [1.54, 1.807) is 0 Å². The summed E-state index contributed by atoms with van der Waals surface area (Å²) in [7, 11) is 0. The van der Waals surface area contributed by atoms with Crippen LogP contribution in [0.2, 0.25) is 0 Å². The minimum Gasteiger partial charge on any atom is -0.389 e. The van der Waals surface area contributed by atoms with E-state index in [1.807, 2.05) is 4.08 Å². The predicted molar refractivity (Wildman–Crippen MR) is 46.6 cm³/mol. The van der Waals surface area contributed by atoms with E-state index in [0.29, 0.717) is 0 Å². The average Bonchev–Trinajstić information content (AvgIpc) is 1.89. The van der Waals surface area contributed by atoms with E-state index < -0.39 is 0 Å². The van der Waals surface area contributed by atoms with Gasteiger partial charge in [-0.3, -0.25) is 0 Å². The maximum Gasteiger partial charge on any atom is 0.0757 e. The summed E-state index contributed by atoms with van der Waals surface area (Å²) in [4.78, 5) is 0. The SMILES string of the molecule is OC1CCCC/C1=C\I. The van der Waals surface area contributed by atoms with Crippen molar-refractivity contribution >= 4 is 22.6 Å². The van der Waals surface area contributed by atoms with E-state index in [1.165, 1.54) is 18.4 Å². The molecule has 0 bridgehead atoms. The second-order valence-corrected chi connectivity index (χ2v) is 3.07. The second kappa shape index (κ2) is 3.56.